The number of benzene rings is 1. The van der Waals surface area contributed by atoms with Gasteiger partial charge in [-0.25, -0.2) is 4.98 Å². The Kier molecular flexibility index (Phi) is 6.37. The van der Waals surface area contributed by atoms with Crippen molar-refractivity contribution in [3.8, 4) is 0 Å². The van der Waals surface area contributed by atoms with E-state index in [1.54, 1.807) is 30.0 Å². The summed E-state index contributed by atoms with van der Waals surface area (Å²) in [6, 6.07) is 13.0. The van der Waals surface area contributed by atoms with Gasteiger partial charge in [-0.1, -0.05) is 12.1 Å². The molecule has 0 unspecified atom stereocenters. The van der Waals surface area contributed by atoms with E-state index >= 15 is 0 Å². The number of thiophene rings is 1. The minimum atomic E-state index is 0.151. The summed E-state index contributed by atoms with van der Waals surface area (Å²) in [5.41, 5.74) is 2.24. The first-order valence-corrected chi connectivity index (χ1v) is 12.0. The van der Waals surface area contributed by atoms with E-state index in [1.807, 2.05) is 4.90 Å². The highest BCUT2D eigenvalue weighted by molar-refractivity contribution is 7.98. The Morgan fingerprint density at radius 1 is 1.17 bits per heavy atom. The summed E-state index contributed by atoms with van der Waals surface area (Å²) in [6.45, 7) is 6.42. The molecule has 0 radical (unpaired) electrons. The van der Waals surface area contributed by atoms with Crippen LogP contribution in [0.3, 0.4) is 0 Å². The zero-order valence-corrected chi connectivity index (χ0v) is 18.5. The lowest BCUT2D eigenvalue weighted by Gasteiger charge is -2.36. The van der Waals surface area contributed by atoms with Gasteiger partial charge in [0.05, 0.1) is 5.52 Å². The first-order chi connectivity index (χ1) is 14.1. The number of thioether (sulfide) groups is 1. The van der Waals surface area contributed by atoms with Crippen LogP contribution in [0.15, 0.2) is 46.7 Å². The summed E-state index contributed by atoms with van der Waals surface area (Å²) in [6.07, 6.45) is 2.09. The van der Waals surface area contributed by atoms with Crippen LogP contribution in [-0.2, 0) is 17.9 Å². The van der Waals surface area contributed by atoms with E-state index in [9.17, 15) is 4.79 Å². The van der Waals surface area contributed by atoms with Gasteiger partial charge in [0.25, 0.3) is 0 Å². The van der Waals surface area contributed by atoms with E-state index in [0.29, 0.717) is 0 Å². The number of aromatic nitrogens is 1. The molecule has 1 aliphatic rings. The third-order valence-corrected chi connectivity index (χ3v) is 6.90. The molecule has 1 aromatic carbocycles. The Balaban J connectivity index is 1.60. The lowest BCUT2D eigenvalue weighted by Crippen LogP contribution is -2.48. The Labute approximate surface area is 180 Å². The van der Waals surface area contributed by atoms with Crippen LogP contribution in [-0.4, -0.2) is 48.2 Å². The molecule has 0 bridgehead atoms. The van der Waals surface area contributed by atoms with E-state index in [1.165, 1.54) is 20.7 Å². The molecule has 2 aromatic heterocycles. The van der Waals surface area contributed by atoms with Gasteiger partial charge in [0.1, 0.15) is 5.82 Å². The second kappa shape index (κ2) is 9.15. The number of hydrogen-bond donors (Lipinski definition) is 1. The molecule has 1 N–H and O–H groups in total. The molecule has 7 heteroatoms. The van der Waals surface area contributed by atoms with Crippen molar-refractivity contribution in [1.82, 2.24) is 15.2 Å². The summed E-state index contributed by atoms with van der Waals surface area (Å²) < 4.78 is 0. The largest absolute Gasteiger partial charge is 0.353 e. The molecule has 5 nitrogen and oxygen atoms in total. The smallest absolute Gasteiger partial charge is 0.219 e. The van der Waals surface area contributed by atoms with E-state index in [0.717, 1.165) is 50.6 Å². The van der Waals surface area contributed by atoms with Crippen LogP contribution >= 0.6 is 23.1 Å². The summed E-state index contributed by atoms with van der Waals surface area (Å²) >= 11 is 3.51. The Bertz CT molecular complexity index is 982. The van der Waals surface area contributed by atoms with Crippen molar-refractivity contribution < 1.29 is 4.79 Å². The molecule has 0 spiro atoms. The van der Waals surface area contributed by atoms with E-state index < -0.39 is 0 Å². The van der Waals surface area contributed by atoms with Crippen molar-refractivity contribution in [3.63, 3.8) is 0 Å². The number of rotatable bonds is 6. The minimum absolute atomic E-state index is 0.151. The van der Waals surface area contributed by atoms with E-state index in [4.69, 9.17) is 4.98 Å². The molecule has 1 fully saturated rings. The first kappa shape index (κ1) is 20.2. The van der Waals surface area contributed by atoms with Gasteiger partial charge in [-0.15, -0.1) is 23.1 Å². The van der Waals surface area contributed by atoms with Gasteiger partial charge < -0.3 is 15.1 Å². The summed E-state index contributed by atoms with van der Waals surface area (Å²) in [4.78, 5) is 23.6. The molecule has 1 amide bonds. The van der Waals surface area contributed by atoms with E-state index in [2.05, 4.69) is 58.3 Å². The molecule has 0 aliphatic carbocycles. The topological polar surface area (TPSA) is 48.5 Å². The second-order valence-electron chi connectivity index (χ2n) is 7.21. The molecule has 0 atom stereocenters. The fourth-order valence-corrected chi connectivity index (χ4v) is 4.79. The number of amides is 1. The van der Waals surface area contributed by atoms with Crippen molar-refractivity contribution in [2.45, 2.75) is 24.9 Å². The number of carbonyl (C=O) groups is 1. The number of anilines is 1. The fourth-order valence-electron chi connectivity index (χ4n) is 3.68. The average Bonchev–Trinajstić information content (AvgIpc) is 3.26. The molecule has 3 heterocycles. The Morgan fingerprint density at radius 2 is 2.00 bits per heavy atom. The molecule has 1 saturated heterocycles. The van der Waals surface area contributed by atoms with Crippen LogP contribution in [0.5, 0.6) is 0 Å². The number of carbonyl (C=O) groups excluding carboxylic acids is 1. The predicted octanol–water partition coefficient (Wildman–Crippen LogP) is 3.98. The normalized spacial score (nSPS) is 14.6. The highest BCUT2D eigenvalue weighted by Crippen LogP contribution is 2.27. The average molecular weight is 427 g/mol. The summed E-state index contributed by atoms with van der Waals surface area (Å²) in [5, 5.41) is 6.85. The van der Waals surface area contributed by atoms with E-state index in [-0.39, 0.29) is 5.91 Å². The molecule has 152 valence electrons. The number of nitrogens with zero attached hydrogens (tertiary/aromatic N) is 3. The van der Waals surface area contributed by atoms with Crippen LogP contribution < -0.4 is 10.2 Å². The number of fused-ring (bicyclic) bond motifs is 1. The van der Waals surface area contributed by atoms with Gasteiger partial charge in [0.15, 0.2) is 0 Å². The van der Waals surface area contributed by atoms with Crippen LogP contribution in [0.25, 0.3) is 10.9 Å². The van der Waals surface area contributed by atoms with Gasteiger partial charge in [-0.2, -0.15) is 0 Å². The molecule has 3 aromatic rings. The lowest BCUT2D eigenvalue weighted by atomic mass is 10.1. The zero-order chi connectivity index (χ0) is 20.2. The number of hydrogen-bond acceptors (Lipinski definition) is 6. The minimum Gasteiger partial charge on any atom is -0.353 e. The number of nitrogens with one attached hydrogen (secondary N) is 1. The van der Waals surface area contributed by atoms with Gasteiger partial charge in [-0.05, 0) is 35.9 Å². The SMILES string of the molecule is CSc1ccc2cc(CNCc3cccs3)c(N3CCN(C(C)=O)CC3)nc2c1. The van der Waals surface area contributed by atoms with Crippen LogP contribution in [0, 0.1) is 0 Å². The third kappa shape index (κ3) is 4.74. The maximum absolute atomic E-state index is 11.7. The molecule has 29 heavy (non-hydrogen) atoms. The van der Waals surface area contributed by atoms with Gasteiger partial charge >= 0.3 is 0 Å². The van der Waals surface area contributed by atoms with Crippen LogP contribution in [0.4, 0.5) is 5.82 Å². The van der Waals surface area contributed by atoms with Crippen LogP contribution in [0.1, 0.15) is 17.4 Å². The number of pyridine rings is 1. The predicted molar refractivity (Wildman–Crippen MR) is 123 cm³/mol. The van der Waals surface area contributed by atoms with Crippen molar-refractivity contribution >= 4 is 45.7 Å². The van der Waals surface area contributed by atoms with Crippen molar-refractivity contribution in [2.75, 3.05) is 37.3 Å². The first-order valence-electron chi connectivity index (χ1n) is 9.85. The number of piperazine rings is 1. The Morgan fingerprint density at radius 3 is 2.69 bits per heavy atom. The monoisotopic (exact) mass is 426 g/mol. The standard InChI is InChI=1S/C22H26N4OS2/c1-16(27)25-7-9-26(10-8-25)22-18(14-23-15-20-4-3-11-29-20)12-17-5-6-19(28-2)13-21(17)24-22/h3-6,11-13,23H,7-10,14-15H2,1-2H3. The molecule has 0 saturated carbocycles. The van der Waals surface area contributed by atoms with Crippen molar-refractivity contribution in [2.24, 2.45) is 0 Å². The molecular formula is C22H26N4OS2. The maximum atomic E-state index is 11.7. The molecule has 1 aliphatic heterocycles. The third-order valence-electron chi connectivity index (χ3n) is 5.30. The quantitative estimate of drug-likeness (QED) is 0.604. The molecule has 4 rings (SSSR count). The molecular weight excluding hydrogens is 400 g/mol. The van der Waals surface area contributed by atoms with Crippen LogP contribution in [0.2, 0.25) is 0 Å². The van der Waals surface area contributed by atoms with Gasteiger partial charge in [0.2, 0.25) is 5.91 Å². The van der Waals surface area contributed by atoms with Gasteiger partial charge in [-0.3, -0.25) is 4.79 Å². The fraction of sp³-hybridized carbons (Fsp3) is 0.364. The summed E-state index contributed by atoms with van der Waals surface area (Å²) in [7, 11) is 0. The maximum Gasteiger partial charge on any atom is 0.219 e. The van der Waals surface area contributed by atoms with Gasteiger partial charge in [0, 0.05) is 66.9 Å². The lowest BCUT2D eigenvalue weighted by molar-refractivity contribution is -0.129. The Hall–Kier alpha value is -2.09. The highest BCUT2D eigenvalue weighted by atomic mass is 32.2. The van der Waals surface area contributed by atoms with Crippen molar-refractivity contribution in [1.29, 1.82) is 0 Å². The summed E-state index contributed by atoms with van der Waals surface area (Å²) in [5.74, 6) is 1.19. The van der Waals surface area contributed by atoms with Crippen molar-refractivity contribution in [3.05, 3.63) is 52.2 Å². The second-order valence-corrected chi connectivity index (χ2v) is 9.12. The zero-order valence-electron chi connectivity index (χ0n) is 16.9. The highest BCUT2D eigenvalue weighted by Gasteiger charge is 2.22.